The maximum atomic E-state index is 5.74. The van der Waals surface area contributed by atoms with Crippen LogP contribution in [0.1, 0.15) is 20.8 Å². The van der Waals surface area contributed by atoms with Gasteiger partial charge in [0.15, 0.2) is 0 Å². The van der Waals surface area contributed by atoms with E-state index in [1.807, 2.05) is 24.3 Å². The maximum Gasteiger partial charge on any atom is 0.0743 e. The molecule has 3 nitrogen and oxygen atoms in total. The van der Waals surface area contributed by atoms with Crippen molar-refractivity contribution in [1.82, 2.24) is 4.98 Å². The molecule has 3 heteroatoms. The van der Waals surface area contributed by atoms with Crippen molar-refractivity contribution in [2.75, 3.05) is 11.1 Å². The molecule has 0 aliphatic heterocycles. The van der Waals surface area contributed by atoms with E-state index in [2.05, 4.69) is 31.1 Å². The lowest BCUT2D eigenvalue weighted by atomic mass is 10.1. The third kappa shape index (κ3) is 2.24. The zero-order valence-corrected chi connectivity index (χ0v) is 9.91. The number of benzene rings is 1. The summed E-state index contributed by atoms with van der Waals surface area (Å²) in [5.41, 5.74) is 8.54. The van der Waals surface area contributed by atoms with Gasteiger partial charge in [0.05, 0.1) is 5.52 Å². The summed E-state index contributed by atoms with van der Waals surface area (Å²) in [5.74, 6) is 0. The molecule has 0 spiro atoms. The van der Waals surface area contributed by atoms with E-state index >= 15 is 0 Å². The molecule has 84 valence electrons. The standard InChI is InChI=1S/C13H17N3/c1-13(2,3)16-11-6-7-15-12-8-9(14)4-5-10(11)12/h4-8H,14H2,1-3H3,(H,15,16). The largest absolute Gasteiger partial charge is 0.399 e. The molecule has 1 aromatic carbocycles. The molecular weight excluding hydrogens is 198 g/mol. The van der Waals surface area contributed by atoms with Gasteiger partial charge < -0.3 is 11.1 Å². The van der Waals surface area contributed by atoms with E-state index in [9.17, 15) is 0 Å². The highest BCUT2D eigenvalue weighted by Gasteiger charge is 2.11. The van der Waals surface area contributed by atoms with E-state index in [0.29, 0.717) is 0 Å². The average Bonchev–Trinajstić information content (AvgIpc) is 2.15. The molecule has 0 saturated carbocycles. The molecule has 0 aliphatic rings. The van der Waals surface area contributed by atoms with Gasteiger partial charge in [0, 0.05) is 28.5 Å². The maximum absolute atomic E-state index is 5.74. The molecular formula is C13H17N3. The lowest BCUT2D eigenvalue weighted by Gasteiger charge is -2.23. The van der Waals surface area contributed by atoms with Crippen molar-refractivity contribution < 1.29 is 0 Å². The highest BCUT2D eigenvalue weighted by atomic mass is 15.0. The van der Waals surface area contributed by atoms with Crippen molar-refractivity contribution in [3.63, 3.8) is 0 Å². The van der Waals surface area contributed by atoms with Gasteiger partial charge >= 0.3 is 0 Å². The van der Waals surface area contributed by atoms with Crippen LogP contribution in [0.25, 0.3) is 10.9 Å². The first-order chi connectivity index (χ1) is 7.46. The summed E-state index contributed by atoms with van der Waals surface area (Å²) in [7, 11) is 0. The van der Waals surface area contributed by atoms with Crippen molar-refractivity contribution >= 4 is 22.3 Å². The molecule has 0 amide bonds. The molecule has 1 aromatic heterocycles. The predicted octanol–water partition coefficient (Wildman–Crippen LogP) is 3.03. The Balaban J connectivity index is 2.54. The van der Waals surface area contributed by atoms with E-state index in [1.54, 1.807) is 6.20 Å². The number of fused-ring (bicyclic) bond motifs is 1. The minimum absolute atomic E-state index is 0.0374. The number of rotatable bonds is 1. The van der Waals surface area contributed by atoms with Crippen LogP contribution >= 0.6 is 0 Å². The molecule has 0 saturated heterocycles. The van der Waals surface area contributed by atoms with Gasteiger partial charge in [0.1, 0.15) is 0 Å². The Morgan fingerprint density at radius 1 is 1.19 bits per heavy atom. The van der Waals surface area contributed by atoms with Crippen molar-refractivity contribution in [3.05, 3.63) is 30.5 Å². The molecule has 3 N–H and O–H groups in total. The molecule has 0 unspecified atom stereocenters. The molecule has 0 aliphatic carbocycles. The number of nitrogens with one attached hydrogen (secondary N) is 1. The zero-order chi connectivity index (χ0) is 11.8. The molecule has 0 fully saturated rings. The molecule has 0 atom stereocenters. The summed E-state index contributed by atoms with van der Waals surface area (Å²) in [6, 6.07) is 7.79. The Labute approximate surface area is 95.7 Å². The number of nitrogen functional groups attached to an aromatic ring is 1. The van der Waals surface area contributed by atoms with Crippen LogP contribution in [0.5, 0.6) is 0 Å². The fourth-order valence-electron chi connectivity index (χ4n) is 1.68. The Bertz CT molecular complexity index is 512. The summed E-state index contributed by atoms with van der Waals surface area (Å²) >= 11 is 0. The first-order valence-corrected chi connectivity index (χ1v) is 5.38. The van der Waals surface area contributed by atoms with Gasteiger partial charge in [-0.2, -0.15) is 0 Å². The fourth-order valence-corrected chi connectivity index (χ4v) is 1.68. The minimum atomic E-state index is 0.0374. The van der Waals surface area contributed by atoms with E-state index in [-0.39, 0.29) is 5.54 Å². The van der Waals surface area contributed by atoms with Crippen LogP contribution in [-0.4, -0.2) is 10.5 Å². The normalized spacial score (nSPS) is 11.7. The molecule has 2 aromatic rings. The number of nitrogens with zero attached hydrogens (tertiary/aromatic N) is 1. The van der Waals surface area contributed by atoms with Gasteiger partial charge in [-0.25, -0.2) is 0 Å². The molecule has 0 bridgehead atoms. The summed E-state index contributed by atoms with van der Waals surface area (Å²) in [5, 5.41) is 4.57. The van der Waals surface area contributed by atoms with Gasteiger partial charge in [-0.1, -0.05) is 0 Å². The smallest absolute Gasteiger partial charge is 0.0743 e. The van der Waals surface area contributed by atoms with Gasteiger partial charge in [0.25, 0.3) is 0 Å². The number of pyridine rings is 1. The summed E-state index contributed by atoms with van der Waals surface area (Å²) in [4.78, 5) is 4.31. The van der Waals surface area contributed by atoms with Crippen LogP contribution in [-0.2, 0) is 0 Å². The molecule has 1 heterocycles. The molecule has 16 heavy (non-hydrogen) atoms. The van der Waals surface area contributed by atoms with Gasteiger partial charge in [-0.15, -0.1) is 0 Å². The Morgan fingerprint density at radius 3 is 2.62 bits per heavy atom. The van der Waals surface area contributed by atoms with Crippen LogP contribution in [0.3, 0.4) is 0 Å². The Kier molecular flexibility index (Phi) is 2.46. The lowest BCUT2D eigenvalue weighted by molar-refractivity contribution is 0.635. The molecule has 0 radical (unpaired) electrons. The summed E-state index contributed by atoms with van der Waals surface area (Å²) < 4.78 is 0. The minimum Gasteiger partial charge on any atom is -0.399 e. The van der Waals surface area contributed by atoms with E-state index in [4.69, 9.17) is 5.73 Å². The quantitative estimate of drug-likeness (QED) is 0.719. The summed E-state index contributed by atoms with van der Waals surface area (Å²) in [6.07, 6.45) is 1.80. The van der Waals surface area contributed by atoms with Crippen LogP contribution < -0.4 is 11.1 Å². The second-order valence-corrected chi connectivity index (χ2v) is 5.01. The van der Waals surface area contributed by atoms with E-state index < -0.39 is 0 Å². The molecule has 2 rings (SSSR count). The first-order valence-electron chi connectivity index (χ1n) is 5.38. The topological polar surface area (TPSA) is 50.9 Å². The van der Waals surface area contributed by atoms with Crippen LogP contribution in [0, 0.1) is 0 Å². The Hall–Kier alpha value is -1.77. The van der Waals surface area contributed by atoms with Gasteiger partial charge in [-0.05, 0) is 45.0 Å². The summed E-state index contributed by atoms with van der Waals surface area (Å²) in [6.45, 7) is 6.41. The second-order valence-electron chi connectivity index (χ2n) is 5.01. The van der Waals surface area contributed by atoms with Crippen LogP contribution in [0.15, 0.2) is 30.5 Å². The lowest BCUT2D eigenvalue weighted by Crippen LogP contribution is -2.26. The van der Waals surface area contributed by atoms with Crippen LogP contribution in [0.2, 0.25) is 0 Å². The van der Waals surface area contributed by atoms with E-state index in [1.165, 1.54) is 0 Å². The number of anilines is 2. The van der Waals surface area contributed by atoms with Crippen molar-refractivity contribution in [1.29, 1.82) is 0 Å². The van der Waals surface area contributed by atoms with Crippen LogP contribution in [0.4, 0.5) is 11.4 Å². The number of nitrogens with two attached hydrogens (primary N) is 1. The monoisotopic (exact) mass is 215 g/mol. The average molecular weight is 215 g/mol. The Morgan fingerprint density at radius 2 is 1.94 bits per heavy atom. The van der Waals surface area contributed by atoms with Crippen molar-refractivity contribution in [2.24, 2.45) is 0 Å². The third-order valence-corrected chi connectivity index (χ3v) is 2.28. The number of hydrogen-bond donors (Lipinski definition) is 2. The SMILES string of the molecule is CC(C)(C)Nc1ccnc2cc(N)ccc12. The predicted molar refractivity (Wildman–Crippen MR) is 69.5 cm³/mol. The van der Waals surface area contributed by atoms with Gasteiger partial charge in [0.2, 0.25) is 0 Å². The van der Waals surface area contributed by atoms with Gasteiger partial charge in [-0.3, -0.25) is 4.98 Å². The zero-order valence-electron chi connectivity index (χ0n) is 9.91. The third-order valence-electron chi connectivity index (χ3n) is 2.28. The highest BCUT2D eigenvalue weighted by Crippen LogP contribution is 2.25. The van der Waals surface area contributed by atoms with Crippen molar-refractivity contribution in [2.45, 2.75) is 26.3 Å². The van der Waals surface area contributed by atoms with E-state index in [0.717, 1.165) is 22.3 Å². The fraction of sp³-hybridized carbons (Fsp3) is 0.308. The second kappa shape index (κ2) is 3.67. The van der Waals surface area contributed by atoms with Crippen molar-refractivity contribution in [3.8, 4) is 0 Å². The number of aromatic nitrogens is 1. The first kappa shape index (κ1) is 10.7. The highest BCUT2D eigenvalue weighted by molar-refractivity contribution is 5.92. The number of hydrogen-bond acceptors (Lipinski definition) is 3.